The van der Waals surface area contributed by atoms with Gasteiger partial charge in [0, 0.05) is 58.3 Å². The fourth-order valence-electron chi connectivity index (χ4n) is 5.43. The van der Waals surface area contributed by atoms with Gasteiger partial charge in [-0.1, -0.05) is 24.8 Å². The van der Waals surface area contributed by atoms with Crippen molar-refractivity contribution in [3.63, 3.8) is 0 Å². The summed E-state index contributed by atoms with van der Waals surface area (Å²) >= 11 is 2.80. The molecule has 0 aliphatic carbocycles. The van der Waals surface area contributed by atoms with Crippen LogP contribution in [0.4, 0.5) is 8.78 Å². The number of fused-ring (bicyclic) bond motifs is 2. The zero-order valence-corrected chi connectivity index (χ0v) is 26.7. The first-order valence-corrected chi connectivity index (χ1v) is 16.0. The highest BCUT2D eigenvalue weighted by atomic mass is 32.1. The molecule has 1 aliphatic heterocycles. The molecule has 0 unspecified atom stereocenters. The first-order chi connectivity index (χ1) is 21.6. The second-order valence-electron chi connectivity index (χ2n) is 11.2. The number of hydrogen-bond donors (Lipinski definition) is 1. The summed E-state index contributed by atoms with van der Waals surface area (Å²) in [7, 11) is 1.52. The minimum atomic E-state index is -1.08. The topological polar surface area (TPSA) is 84.8 Å². The van der Waals surface area contributed by atoms with Gasteiger partial charge in [-0.05, 0) is 43.0 Å². The van der Waals surface area contributed by atoms with Gasteiger partial charge in [0.25, 0.3) is 0 Å². The van der Waals surface area contributed by atoms with Gasteiger partial charge >= 0.3 is 0 Å². The first kappa shape index (κ1) is 31.0. The molecule has 0 saturated heterocycles. The second kappa shape index (κ2) is 12.4. The fourth-order valence-corrected chi connectivity index (χ4v) is 7.50. The number of thiophene rings is 1. The molecule has 3 aromatic heterocycles. The molecule has 11 heteroatoms. The molecular weight excluding hydrogens is 617 g/mol. The SMILES string of the molecule is C=CC(=O)N1CCc2nc(-c3nc(-c4cccc(C(C)(C)O)c4)c4ccsc4c3-c3c(F)cc(F)cc3OCCOC)sc2C1. The predicted molar refractivity (Wildman–Crippen MR) is 173 cm³/mol. The van der Waals surface area contributed by atoms with Crippen molar-refractivity contribution in [1.82, 2.24) is 14.9 Å². The number of carbonyl (C=O) groups excluding carboxylic acids is 1. The van der Waals surface area contributed by atoms with Crippen molar-refractivity contribution in [2.24, 2.45) is 0 Å². The maximum absolute atomic E-state index is 16.0. The molecule has 1 amide bonds. The zero-order chi connectivity index (χ0) is 31.9. The molecule has 0 saturated carbocycles. The summed E-state index contributed by atoms with van der Waals surface area (Å²) in [6.45, 7) is 8.25. The fraction of sp³-hybridized carbons (Fsp3) is 0.265. The Bertz CT molecular complexity index is 1930. The molecule has 232 valence electrons. The molecule has 0 atom stereocenters. The number of ether oxygens (including phenoxy) is 2. The van der Waals surface area contributed by atoms with Crippen molar-refractivity contribution in [2.45, 2.75) is 32.4 Å². The van der Waals surface area contributed by atoms with Crippen LogP contribution < -0.4 is 4.74 Å². The number of nitrogens with zero attached hydrogens (tertiary/aromatic N) is 3. The lowest BCUT2D eigenvalue weighted by Crippen LogP contribution is -2.34. The lowest BCUT2D eigenvalue weighted by molar-refractivity contribution is -0.126. The van der Waals surface area contributed by atoms with E-state index < -0.39 is 17.2 Å². The average molecular weight is 648 g/mol. The van der Waals surface area contributed by atoms with Crippen LogP contribution in [0.3, 0.4) is 0 Å². The summed E-state index contributed by atoms with van der Waals surface area (Å²) in [4.78, 5) is 25.1. The van der Waals surface area contributed by atoms with Crippen molar-refractivity contribution >= 4 is 38.7 Å². The van der Waals surface area contributed by atoms with Gasteiger partial charge in [-0.15, -0.1) is 22.7 Å². The number of rotatable bonds is 9. The molecule has 0 fully saturated rings. The maximum atomic E-state index is 16.0. The normalized spacial score (nSPS) is 13.2. The number of pyridine rings is 1. The van der Waals surface area contributed by atoms with Crippen LogP contribution in [-0.2, 0) is 28.1 Å². The Hall–Kier alpha value is -4.03. The van der Waals surface area contributed by atoms with Crippen LogP contribution in [0.15, 0.2) is 60.5 Å². The molecule has 0 radical (unpaired) electrons. The summed E-state index contributed by atoms with van der Waals surface area (Å²) < 4.78 is 42.3. The van der Waals surface area contributed by atoms with E-state index in [2.05, 4.69) is 6.58 Å². The highest BCUT2D eigenvalue weighted by Gasteiger charge is 2.29. The zero-order valence-electron chi connectivity index (χ0n) is 25.0. The number of amides is 1. The molecule has 45 heavy (non-hydrogen) atoms. The van der Waals surface area contributed by atoms with Crippen molar-refractivity contribution in [1.29, 1.82) is 0 Å². The lowest BCUT2D eigenvalue weighted by Gasteiger charge is -2.24. The molecule has 0 bridgehead atoms. The van der Waals surface area contributed by atoms with Gasteiger partial charge in [-0.25, -0.2) is 18.7 Å². The Balaban J connectivity index is 1.63. The number of carbonyl (C=O) groups is 1. The van der Waals surface area contributed by atoms with Crippen LogP contribution in [0.25, 0.3) is 43.2 Å². The van der Waals surface area contributed by atoms with Crippen LogP contribution in [0.2, 0.25) is 0 Å². The largest absolute Gasteiger partial charge is 0.490 e. The van der Waals surface area contributed by atoms with Crippen LogP contribution in [-0.4, -0.2) is 52.7 Å². The standard InChI is InChI=1S/C34H31F2N3O4S2/c1-5-27(40)39-11-9-24-26(18-39)45-33(37-24)31-29(28-23(36)16-21(35)17-25(28)43-13-12-42-4)32-22(10-14-44-32)30(38-31)19-7-6-8-20(15-19)34(2,3)41/h5-8,10,14-17,41H,1,9,11-13,18H2,2-4H3. The van der Waals surface area contributed by atoms with Crippen LogP contribution in [0.1, 0.15) is 30.0 Å². The smallest absolute Gasteiger partial charge is 0.246 e. The van der Waals surface area contributed by atoms with Crippen molar-refractivity contribution in [3.05, 3.63) is 88.3 Å². The van der Waals surface area contributed by atoms with Gasteiger partial charge in [0.05, 0.1) is 35.7 Å². The van der Waals surface area contributed by atoms with E-state index in [0.717, 1.165) is 32.3 Å². The van der Waals surface area contributed by atoms with E-state index in [1.807, 2.05) is 35.7 Å². The third-order valence-electron chi connectivity index (χ3n) is 7.68. The Morgan fingerprint density at radius 3 is 2.71 bits per heavy atom. The van der Waals surface area contributed by atoms with E-state index in [0.29, 0.717) is 47.0 Å². The van der Waals surface area contributed by atoms with Crippen LogP contribution in [0, 0.1) is 11.6 Å². The minimum Gasteiger partial charge on any atom is -0.490 e. The Morgan fingerprint density at radius 2 is 1.96 bits per heavy atom. The van der Waals surface area contributed by atoms with Crippen molar-refractivity contribution in [2.75, 3.05) is 26.9 Å². The third-order valence-corrected chi connectivity index (χ3v) is 9.71. The maximum Gasteiger partial charge on any atom is 0.246 e. The van der Waals surface area contributed by atoms with Gasteiger partial charge < -0.3 is 19.5 Å². The van der Waals surface area contributed by atoms with E-state index in [1.54, 1.807) is 18.7 Å². The van der Waals surface area contributed by atoms with Gasteiger partial charge in [0.2, 0.25) is 5.91 Å². The quantitative estimate of drug-likeness (QED) is 0.133. The summed E-state index contributed by atoms with van der Waals surface area (Å²) in [6.07, 6.45) is 1.85. The summed E-state index contributed by atoms with van der Waals surface area (Å²) in [5, 5.41) is 14.0. The molecule has 0 spiro atoms. The van der Waals surface area contributed by atoms with Crippen molar-refractivity contribution in [3.8, 4) is 38.8 Å². The van der Waals surface area contributed by atoms with Gasteiger partial charge in [-0.3, -0.25) is 4.79 Å². The first-order valence-electron chi connectivity index (χ1n) is 14.3. The van der Waals surface area contributed by atoms with Gasteiger partial charge in [0.1, 0.15) is 34.7 Å². The summed E-state index contributed by atoms with van der Waals surface area (Å²) in [6, 6.07) is 11.5. The number of thiazole rings is 1. The van der Waals surface area contributed by atoms with E-state index in [9.17, 15) is 14.3 Å². The Morgan fingerprint density at radius 1 is 1.13 bits per heavy atom. The number of benzene rings is 2. The number of methoxy groups -OCH3 is 1. The van der Waals surface area contributed by atoms with Crippen LogP contribution in [0.5, 0.6) is 5.75 Å². The molecule has 1 N–H and O–H groups in total. The number of aliphatic hydroxyl groups is 1. The monoisotopic (exact) mass is 647 g/mol. The third kappa shape index (κ3) is 6.00. The second-order valence-corrected chi connectivity index (χ2v) is 13.2. The highest BCUT2D eigenvalue weighted by Crippen LogP contribution is 2.48. The lowest BCUT2D eigenvalue weighted by atomic mass is 9.94. The van der Waals surface area contributed by atoms with E-state index in [4.69, 9.17) is 19.4 Å². The molecule has 6 rings (SSSR count). The predicted octanol–water partition coefficient (Wildman–Crippen LogP) is 7.36. The van der Waals surface area contributed by atoms with Crippen LogP contribution >= 0.6 is 22.7 Å². The molecule has 7 nitrogen and oxygen atoms in total. The number of halogens is 2. The van der Waals surface area contributed by atoms with E-state index in [-0.39, 0.29) is 30.4 Å². The van der Waals surface area contributed by atoms with Crippen molar-refractivity contribution < 1.29 is 28.2 Å². The summed E-state index contributed by atoms with van der Waals surface area (Å²) in [5.41, 5.74) is 2.82. The van der Waals surface area contributed by atoms with Gasteiger partial charge in [-0.2, -0.15) is 0 Å². The summed E-state index contributed by atoms with van der Waals surface area (Å²) in [5.74, 6) is -1.68. The molecule has 5 aromatic rings. The number of hydrogen-bond acceptors (Lipinski definition) is 8. The molecule has 1 aliphatic rings. The Labute approximate surface area is 267 Å². The molecule has 4 heterocycles. The number of aromatic nitrogens is 2. The van der Waals surface area contributed by atoms with E-state index >= 15 is 4.39 Å². The van der Waals surface area contributed by atoms with E-state index in [1.165, 1.54) is 41.9 Å². The average Bonchev–Trinajstić information content (AvgIpc) is 3.67. The molecular formula is C34H31F2N3O4S2. The minimum absolute atomic E-state index is 0.0307. The Kier molecular flexibility index (Phi) is 8.53. The van der Waals surface area contributed by atoms with Gasteiger partial charge in [0.15, 0.2) is 0 Å². The highest BCUT2D eigenvalue weighted by molar-refractivity contribution is 7.18. The molecule has 2 aromatic carbocycles.